The van der Waals surface area contributed by atoms with Crippen LogP contribution in [0.1, 0.15) is 0 Å². The van der Waals surface area contributed by atoms with Crippen molar-refractivity contribution in [2.24, 2.45) is 0 Å². The highest BCUT2D eigenvalue weighted by Gasteiger charge is 2.00. The van der Waals surface area contributed by atoms with Crippen LogP contribution in [0.25, 0.3) is 16.6 Å². The van der Waals surface area contributed by atoms with E-state index < -0.39 is 0 Å². The van der Waals surface area contributed by atoms with Crippen LogP contribution in [0.2, 0.25) is 0 Å². The lowest BCUT2D eigenvalue weighted by Crippen LogP contribution is -1.89. The molecule has 0 spiro atoms. The molecule has 3 rings (SSSR count). The summed E-state index contributed by atoms with van der Waals surface area (Å²) >= 11 is 0. The summed E-state index contributed by atoms with van der Waals surface area (Å²) in [5.74, 6) is 0. The minimum Gasteiger partial charge on any atom is -0.317 e. The summed E-state index contributed by atoms with van der Waals surface area (Å²) in [6, 6.07) is 20.9. The molecule has 1 aromatic heterocycles. The van der Waals surface area contributed by atoms with Crippen LogP contribution in [-0.2, 0) is 0 Å². The van der Waals surface area contributed by atoms with E-state index in [4.69, 9.17) is 0 Å². The molecule has 0 radical (unpaired) electrons. The molecule has 3 aromatic rings. The van der Waals surface area contributed by atoms with Gasteiger partial charge in [-0.1, -0.05) is 36.4 Å². The first-order valence-electron chi connectivity index (χ1n) is 5.57. The zero-order valence-electron chi connectivity index (χ0n) is 9.71. The van der Waals surface area contributed by atoms with Gasteiger partial charge in [0.25, 0.3) is 0 Å². The van der Waals surface area contributed by atoms with Crippen LogP contribution >= 0.6 is 0 Å². The number of fused-ring (bicyclic) bond motifs is 1. The van der Waals surface area contributed by atoms with Gasteiger partial charge in [0.05, 0.1) is 5.52 Å². The van der Waals surface area contributed by atoms with Crippen molar-refractivity contribution in [1.29, 1.82) is 0 Å². The topological polar surface area (TPSA) is 4.93 Å². The van der Waals surface area contributed by atoms with Crippen molar-refractivity contribution >= 4 is 10.9 Å². The molecule has 0 aliphatic carbocycles. The van der Waals surface area contributed by atoms with E-state index in [1.807, 2.05) is 6.07 Å². The van der Waals surface area contributed by atoms with Gasteiger partial charge in [-0.2, -0.15) is 0 Å². The molecule has 0 aliphatic heterocycles. The molecule has 0 bridgehead atoms. The van der Waals surface area contributed by atoms with Gasteiger partial charge in [-0.25, -0.2) is 0 Å². The predicted molar refractivity (Wildman–Crippen MR) is 74.5 cm³/mol. The molecule has 0 unspecified atom stereocenters. The van der Waals surface area contributed by atoms with E-state index in [9.17, 15) is 0 Å². The molecular weight excluding hydrogens is 206 g/mol. The lowest BCUT2D eigenvalue weighted by atomic mass is 10.2. The lowest BCUT2D eigenvalue weighted by molar-refractivity contribution is 1.13. The fourth-order valence-corrected chi connectivity index (χ4v) is 1.90. The van der Waals surface area contributed by atoms with Crippen molar-refractivity contribution < 1.29 is 0 Å². The maximum Gasteiger partial charge on any atom is 0.0528 e. The van der Waals surface area contributed by atoms with Crippen LogP contribution in [0.4, 0.5) is 0 Å². The fraction of sp³-hybridized carbons (Fsp3) is 0. The average molecular weight is 221 g/mol. The molecule has 1 heterocycles. The van der Waals surface area contributed by atoms with Crippen molar-refractivity contribution in [3.8, 4) is 5.69 Å². The Labute approximate surface area is 102 Å². The quantitative estimate of drug-likeness (QED) is 0.536. The molecule has 0 atom stereocenters. The molecule has 1 heteroatoms. The van der Waals surface area contributed by atoms with Crippen molar-refractivity contribution in [2.45, 2.75) is 0 Å². The Morgan fingerprint density at radius 3 is 2.12 bits per heavy atom. The lowest BCUT2D eigenvalue weighted by Gasteiger charge is -2.04. The van der Waals surface area contributed by atoms with Gasteiger partial charge in [0.2, 0.25) is 0 Å². The minimum absolute atomic E-state index is 1.21. The monoisotopic (exact) mass is 221 g/mol. The average Bonchev–Trinajstić information content (AvgIpc) is 2.86. The van der Waals surface area contributed by atoms with Gasteiger partial charge >= 0.3 is 0 Å². The van der Waals surface area contributed by atoms with Gasteiger partial charge in [0.15, 0.2) is 0 Å². The number of aromatic nitrogens is 1. The Bertz CT molecular complexity index is 593. The van der Waals surface area contributed by atoms with Crippen molar-refractivity contribution in [3.63, 3.8) is 0 Å². The van der Waals surface area contributed by atoms with Crippen molar-refractivity contribution in [3.05, 3.63) is 80.0 Å². The molecule has 84 valence electrons. The van der Waals surface area contributed by atoms with Crippen LogP contribution in [0, 0.1) is 0 Å². The van der Waals surface area contributed by atoms with Crippen LogP contribution in [0.5, 0.6) is 0 Å². The Morgan fingerprint density at radius 1 is 0.706 bits per heavy atom. The summed E-state index contributed by atoms with van der Waals surface area (Å²) in [7, 11) is 0. The zero-order chi connectivity index (χ0) is 12.1. The van der Waals surface area contributed by atoms with Gasteiger partial charge < -0.3 is 4.57 Å². The van der Waals surface area contributed by atoms with E-state index in [0.717, 1.165) is 0 Å². The highest BCUT2D eigenvalue weighted by Crippen LogP contribution is 2.19. The van der Waals surface area contributed by atoms with E-state index in [2.05, 4.69) is 78.5 Å². The SMILES string of the molecule is C=C.c1ccc(-n2ccc3ccccc32)cc1. The summed E-state index contributed by atoms with van der Waals surface area (Å²) in [5.41, 5.74) is 2.46. The summed E-state index contributed by atoms with van der Waals surface area (Å²) in [4.78, 5) is 0. The second-order valence-electron chi connectivity index (χ2n) is 3.58. The standard InChI is InChI=1S/C14H11N.C2H4/c1-2-7-13(8-3-1)15-11-10-12-6-4-5-9-14(12)15;1-2/h1-11H;1-2H2. The predicted octanol–water partition coefficient (Wildman–Crippen LogP) is 4.43. The minimum atomic E-state index is 1.21. The number of hydrogen-bond donors (Lipinski definition) is 0. The van der Waals surface area contributed by atoms with Crippen LogP contribution in [0.15, 0.2) is 80.0 Å². The largest absolute Gasteiger partial charge is 0.317 e. The van der Waals surface area contributed by atoms with Crippen LogP contribution < -0.4 is 0 Å². The van der Waals surface area contributed by atoms with E-state index >= 15 is 0 Å². The molecule has 0 saturated carbocycles. The molecule has 0 aliphatic rings. The van der Waals surface area contributed by atoms with E-state index in [0.29, 0.717) is 0 Å². The second-order valence-corrected chi connectivity index (χ2v) is 3.58. The van der Waals surface area contributed by atoms with Crippen molar-refractivity contribution in [1.82, 2.24) is 4.57 Å². The number of rotatable bonds is 1. The van der Waals surface area contributed by atoms with E-state index in [1.165, 1.54) is 16.6 Å². The van der Waals surface area contributed by atoms with Gasteiger partial charge in [-0.05, 0) is 29.7 Å². The Morgan fingerprint density at radius 2 is 1.35 bits per heavy atom. The number of benzene rings is 2. The smallest absolute Gasteiger partial charge is 0.0528 e. The zero-order valence-corrected chi connectivity index (χ0v) is 9.71. The maximum atomic E-state index is 3.00. The summed E-state index contributed by atoms with van der Waals surface area (Å²) in [6.07, 6.45) is 2.11. The molecule has 17 heavy (non-hydrogen) atoms. The Balaban J connectivity index is 0.000000514. The number of nitrogens with zero attached hydrogens (tertiary/aromatic N) is 1. The first kappa shape index (κ1) is 11.2. The number of hydrogen-bond acceptors (Lipinski definition) is 0. The third-order valence-corrected chi connectivity index (χ3v) is 2.63. The Kier molecular flexibility index (Phi) is 3.41. The van der Waals surface area contributed by atoms with Gasteiger partial charge in [0.1, 0.15) is 0 Å². The first-order chi connectivity index (χ1) is 8.45. The highest BCUT2D eigenvalue weighted by molar-refractivity contribution is 5.81. The van der Waals surface area contributed by atoms with E-state index in [1.54, 1.807) is 0 Å². The molecule has 0 N–H and O–H groups in total. The fourth-order valence-electron chi connectivity index (χ4n) is 1.90. The van der Waals surface area contributed by atoms with Crippen LogP contribution in [-0.4, -0.2) is 4.57 Å². The van der Waals surface area contributed by atoms with Gasteiger partial charge in [-0.15, -0.1) is 13.2 Å². The molecule has 0 saturated heterocycles. The normalized spacial score (nSPS) is 9.65. The van der Waals surface area contributed by atoms with E-state index in [-0.39, 0.29) is 0 Å². The summed E-state index contributed by atoms with van der Waals surface area (Å²) < 4.78 is 2.20. The molecule has 2 aromatic carbocycles. The Hall–Kier alpha value is -2.28. The number of para-hydroxylation sites is 2. The third kappa shape index (κ3) is 2.13. The molecule has 1 nitrogen and oxygen atoms in total. The summed E-state index contributed by atoms with van der Waals surface area (Å²) in [6.45, 7) is 6.00. The summed E-state index contributed by atoms with van der Waals surface area (Å²) in [5, 5.41) is 1.28. The maximum absolute atomic E-state index is 3.00. The van der Waals surface area contributed by atoms with Gasteiger partial charge in [-0.3, -0.25) is 0 Å². The second kappa shape index (κ2) is 5.17. The van der Waals surface area contributed by atoms with Gasteiger partial charge in [0, 0.05) is 11.9 Å². The third-order valence-electron chi connectivity index (χ3n) is 2.63. The molecule has 0 fully saturated rings. The first-order valence-corrected chi connectivity index (χ1v) is 5.57. The molecule has 0 amide bonds. The molecular formula is C16H15N. The van der Waals surface area contributed by atoms with Crippen molar-refractivity contribution in [2.75, 3.05) is 0 Å². The van der Waals surface area contributed by atoms with Crippen LogP contribution in [0.3, 0.4) is 0 Å². The highest BCUT2D eigenvalue weighted by atomic mass is 15.0.